The lowest BCUT2D eigenvalue weighted by Crippen LogP contribution is -2.06. The monoisotopic (exact) mass is 243 g/mol. The number of halogens is 1. The van der Waals surface area contributed by atoms with E-state index in [1.54, 1.807) is 0 Å². The molecule has 2 rings (SSSR count). The second-order valence-corrected chi connectivity index (χ2v) is 4.46. The number of Topliss-reactive ketones (excluding diaryl/α,β-unsaturated/α-hetero) is 1. The van der Waals surface area contributed by atoms with E-state index >= 15 is 0 Å². The molecule has 92 valence electrons. The van der Waals surface area contributed by atoms with Gasteiger partial charge in [-0.3, -0.25) is 9.78 Å². The molecule has 1 aromatic carbocycles. The highest BCUT2D eigenvalue weighted by molar-refractivity contribution is 5.95. The summed E-state index contributed by atoms with van der Waals surface area (Å²) in [5.41, 5.74) is 3.52. The first-order valence-electron chi connectivity index (χ1n) is 5.76. The van der Waals surface area contributed by atoms with Crippen LogP contribution in [0.2, 0.25) is 0 Å². The third kappa shape index (κ3) is 3.00. The van der Waals surface area contributed by atoms with Gasteiger partial charge >= 0.3 is 0 Å². The first kappa shape index (κ1) is 12.4. The molecule has 0 radical (unpaired) electrons. The summed E-state index contributed by atoms with van der Waals surface area (Å²) in [6.07, 6.45) is 1.36. The molecule has 2 aromatic rings. The Hall–Kier alpha value is -2.03. The molecular weight excluding hydrogens is 229 g/mol. The highest BCUT2D eigenvalue weighted by Gasteiger charge is 2.09. The smallest absolute Gasteiger partial charge is 0.185 e. The molecule has 0 amide bonds. The molecule has 0 saturated heterocycles. The lowest BCUT2D eigenvalue weighted by molar-refractivity contribution is 0.0988. The maximum Gasteiger partial charge on any atom is 0.185 e. The maximum atomic E-state index is 12.7. The van der Waals surface area contributed by atoms with Gasteiger partial charge in [0, 0.05) is 6.42 Å². The summed E-state index contributed by atoms with van der Waals surface area (Å²) in [7, 11) is 0. The third-order valence-corrected chi connectivity index (χ3v) is 2.66. The van der Waals surface area contributed by atoms with E-state index in [-0.39, 0.29) is 5.78 Å². The zero-order valence-corrected chi connectivity index (χ0v) is 10.4. The molecule has 18 heavy (non-hydrogen) atoms. The van der Waals surface area contributed by atoms with Gasteiger partial charge in [0.05, 0.1) is 6.20 Å². The Morgan fingerprint density at radius 2 is 1.83 bits per heavy atom. The summed E-state index contributed by atoms with van der Waals surface area (Å²) >= 11 is 0. The summed E-state index contributed by atoms with van der Waals surface area (Å²) < 4.78 is 12.7. The Labute approximate surface area is 105 Å². The van der Waals surface area contributed by atoms with Crippen LogP contribution in [0.1, 0.15) is 27.2 Å². The van der Waals surface area contributed by atoms with Crippen LogP contribution in [0.25, 0.3) is 0 Å². The van der Waals surface area contributed by atoms with Crippen molar-refractivity contribution in [3.63, 3.8) is 0 Å². The number of hydrogen-bond donors (Lipinski definition) is 0. The van der Waals surface area contributed by atoms with Gasteiger partial charge in [-0.25, -0.2) is 4.39 Å². The van der Waals surface area contributed by atoms with Crippen LogP contribution in [-0.2, 0) is 6.42 Å². The highest BCUT2D eigenvalue weighted by atomic mass is 19.1. The molecule has 0 spiro atoms. The highest BCUT2D eigenvalue weighted by Crippen LogP contribution is 2.11. The second kappa shape index (κ2) is 5.08. The average Bonchev–Trinajstić information content (AvgIpc) is 2.28. The predicted molar refractivity (Wildman–Crippen MR) is 68.1 cm³/mol. The summed E-state index contributed by atoms with van der Waals surface area (Å²) in [6, 6.07) is 8.69. The molecule has 0 aliphatic heterocycles. The normalized spacial score (nSPS) is 10.4. The van der Waals surface area contributed by atoms with Crippen LogP contribution < -0.4 is 0 Å². The first-order valence-corrected chi connectivity index (χ1v) is 5.76. The van der Waals surface area contributed by atoms with Gasteiger partial charge in [-0.2, -0.15) is 0 Å². The molecule has 0 saturated carbocycles. The molecule has 1 heterocycles. The van der Waals surface area contributed by atoms with Crippen molar-refractivity contribution in [3.05, 3.63) is 64.7 Å². The van der Waals surface area contributed by atoms with Crippen LogP contribution in [0, 0.1) is 19.7 Å². The Balaban J connectivity index is 2.18. The minimum Gasteiger partial charge on any atom is -0.292 e. The minimum atomic E-state index is -0.432. The molecule has 1 aromatic heterocycles. The summed E-state index contributed by atoms with van der Waals surface area (Å²) in [6.45, 7) is 3.99. The average molecular weight is 243 g/mol. The second-order valence-electron chi connectivity index (χ2n) is 4.46. The van der Waals surface area contributed by atoms with Crippen LogP contribution >= 0.6 is 0 Å². The molecule has 0 fully saturated rings. The van der Waals surface area contributed by atoms with Gasteiger partial charge in [0.1, 0.15) is 11.5 Å². The molecule has 0 atom stereocenters. The molecule has 0 aliphatic rings. The van der Waals surface area contributed by atoms with Crippen molar-refractivity contribution < 1.29 is 9.18 Å². The number of ketones is 1. The minimum absolute atomic E-state index is 0.0972. The van der Waals surface area contributed by atoms with Crippen LogP contribution in [0.15, 0.2) is 36.5 Å². The van der Waals surface area contributed by atoms with E-state index in [2.05, 4.69) is 11.1 Å². The lowest BCUT2D eigenvalue weighted by Gasteiger charge is -2.04. The number of nitrogens with zero attached hydrogens (tertiary/aromatic N) is 1. The molecule has 0 aliphatic carbocycles. The summed E-state index contributed by atoms with van der Waals surface area (Å²) in [5, 5.41) is 0. The summed E-state index contributed by atoms with van der Waals surface area (Å²) in [4.78, 5) is 15.8. The van der Waals surface area contributed by atoms with E-state index in [1.807, 2.05) is 26.0 Å². The van der Waals surface area contributed by atoms with Crippen molar-refractivity contribution >= 4 is 5.78 Å². The Kier molecular flexibility index (Phi) is 3.51. The van der Waals surface area contributed by atoms with Crippen molar-refractivity contribution in [2.75, 3.05) is 0 Å². The first-order chi connectivity index (χ1) is 8.54. The molecule has 0 N–H and O–H groups in total. The van der Waals surface area contributed by atoms with Crippen molar-refractivity contribution in [1.82, 2.24) is 4.98 Å². The number of carbonyl (C=O) groups is 1. The molecule has 0 bridgehead atoms. The number of rotatable bonds is 3. The van der Waals surface area contributed by atoms with Gasteiger partial charge in [0.2, 0.25) is 0 Å². The Morgan fingerprint density at radius 3 is 2.39 bits per heavy atom. The van der Waals surface area contributed by atoms with E-state index in [0.717, 1.165) is 22.9 Å². The van der Waals surface area contributed by atoms with Gasteiger partial charge in [-0.15, -0.1) is 0 Å². The zero-order valence-electron chi connectivity index (χ0n) is 10.4. The van der Waals surface area contributed by atoms with E-state index in [4.69, 9.17) is 0 Å². The van der Waals surface area contributed by atoms with E-state index in [9.17, 15) is 9.18 Å². The SMILES string of the molecule is Cc1cc(C)cc(CC(=O)c2ccc(F)cn2)c1. The number of carbonyl (C=O) groups excluding carboxylic acids is 1. The van der Waals surface area contributed by atoms with E-state index < -0.39 is 5.82 Å². The Morgan fingerprint density at radius 1 is 1.17 bits per heavy atom. The fourth-order valence-electron chi connectivity index (χ4n) is 1.99. The molecule has 2 nitrogen and oxygen atoms in total. The van der Waals surface area contributed by atoms with Crippen molar-refractivity contribution in [3.8, 4) is 0 Å². The van der Waals surface area contributed by atoms with Crippen LogP contribution in [0.3, 0.4) is 0 Å². The van der Waals surface area contributed by atoms with Gasteiger partial charge < -0.3 is 0 Å². The fraction of sp³-hybridized carbons (Fsp3) is 0.200. The standard InChI is InChI=1S/C15H14FNO/c1-10-5-11(2)7-12(6-10)8-15(18)14-4-3-13(16)9-17-14/h3-7,9H,8H2,1-2H3. The zero-order chi connectivity index (χ0) is 13.1. The van der Waals surface area contributed by atoms with Crippen molar-refractivity contribution in [2.45, 2.75) is 20.3 Å². The van der Waals surface area contributed by atoms with E-state index in [0.29, 0.717) is 12.1 Å². The molecule has 0 unspecified atom stereocenters. The van der Waals surface area contributed by atoms with Crippen LogP contribution in [0.4, 0.5) is 4.39 Å². The number of benzene rings is 1. The topological polar surface area (TPSA) is 30.0 Å². The number of pyridine rings is 1. The molecule has 3 heteroatoms. The van der Waals surface area contributed by atoms with Crippen molar-refractivity contribution in [1.29, 1.82) is 0 Å². The van der Waals surface area contributed by atoms with Crippen LogP contribution in [-0.4, -0.2) is 10.8 Å². The van der Waals surface area contributed by atoms with E-state index in [1.165, 1.54) is 12.1 Å². The lowest BCUT2D eigenvalue weighted by atomic mass is 10.0. The number of aryl methyl sites for hydroxylation is 2. The van der Waals surface area contributed by atoms with Gasteiger partial charge in [-0.05, 0) is 31.5 Å². The quantitative estimate of drug-likeness (QED) is 0.774. The maximum absolute atomic E-state index is 12.7. The fourth-order valence-corrected chi connectivity index (χ4v) is 1.99. The third-order valence-electron chi connectivity index (χ3n) is 2.66. The van der Waals surface area contributed by atoms with Crippen molar-refractivity contribution in [2.24, 2.45) is 0 Å². The number of aromatic nitrogens is 1. The molecular formula is C15H14FNO. The predicted octanol–water partition coefficient (Wildman–Crippen LogP) is 3.26. The van der Waals surface area contributed by atoms with Crippen LogP contribution in [0.5, 0.6) is 0 Å². The van der Waals surface area contributed by atoms with Gasteiger partial charge in [-0.1, -0.05) is 29.3 Å². The summed E-state index contributed by atoms with van der Waals surface area (Å²) in [5.74, 6) is -0.530. The van der Waals surface area contributed by atoms with Gasteiger partial charge in [0.15, 0.2) is 5.78 Å². The number of hydrogen-bond acceptors (Lipinski definition) is 2. The largest absolute Gasteiger partial charge is 0.292 e. The Bertz CT molecular complexity index is 555. The van der Waals surface area contributed by atoms with Gasteiger partial charge in [0.25, 0.3) is 0 Å².